The lowest BCUT2D eigenvalue weighted by molar-refractivity contribution is 0.0939. The van der Waals surface area contributed by atoms with Crippen LogP contribution in [0.25, 0.3) is 5.69 Å². The van der Waals surface area contributed by atoms with Crippen molar-refractivity contribution in [3.8, 4) is 5.69 Å². The van der Waals surface area contributed by atoms with Crippen molar-refractivity contribution in [1.82, 2.24) is 20.4 Å². The summed E-state index contributed by atoms with van der Waals surface area (Å²) in [5, 5.41) is 10.9. The van der Waals surface area contributed by atoms with Crippen LogP contribution in [0.3, 0.4) is 0 Å². The maximum Gasteiger partial charge on any atom is 0.255 e. The van der Waals surface area contributed by atoms with Crippen LogP contribution in [0.15, 0.2) is 30.3 Å². The molecule has 1 unspecified atom stereocenters. The van der Waals surface area contributed by atoms with E-state index in [2.05, 4.69) is 15.7 Å². The van der Waals surface area contributed by atoms with Crippen LogP contribution in [0.4, 0.5) is 0 Å². The number of nitrogens with zero attached hydrogens (tertiary/aromatic N) is 2. The van der Waals surface area contributed by atoms with Crippen molar-refractivity contribution in [3.63, 3.8) is 0 Å². The molecule has 0 saturated carbocycles. The molecule has 110 valence electrons. The number of nitrogens with one attached hydrogen (secondary N) is 2. The number of amides is 1. The lowest BCUT2D eigenvalue weighted by Gasteiger charge is -2.11. The summed E-state index contributed by atoms with van der Waals surface area (Å²) < 4.78 is 1.83. The normalized spacial score (nSPS) is 17.9. The maximum atomic E-state index is 12.5. The van der Waals surface area contributed by atoms with Crippen molar-refractivity contribution >= 4 is 5.91 Å². The van der Waals surface area contributed by atoms with E-state index in [1.165, 1.54) is 0 Å². The lowest BCUT2D eigenvalue weighted by atomic mass is 10.1. The number of hydrogen-bond donors (Lipinski definition) is 2. The van der Waals surface area contributed by atoms with Gasteiger partial charge in [-0.2, -0.15) is 5.10 Å². The molecule has 2 aromatic rings. The van der Waals surface area contributed by atoms with Crippen LogP contribution in [0.1, 0.15) is 28.2 Å². The number of rotatable bonds is 3. The molecule has 5 heteroatoms. The predicted octanol–water partition coefficient (Wildman–Crippen LogP) is 1.58. The second-order valence-corrected chi connectivity index (χ2v) is 5.46. The molecule has 1 aliphatic heterocycles. The average Bonchev–Trinajstić information content (AvgIpc) is 3.08. The second-order valence-electron chi connectivity index (χ2n) is 5.46. The van der Waals surface area contributed by atoms with E-state index < -0.39 is 0 Å². The fraction of sp³-hybridized carbons (Fsp3) is 0.375. The molecule has 2 N–H and O–H groups in total. The van der Waals surface area contributed by atoms with Crippen LogP contribution < -0.4 is 10.6 Å². The van der Waals surface area contributed by atoms with Crippen molar-refractivity contribution < 1.29 is 4.79 Å². The SMILES string of the molecule is Cc1nn(-c2ccccc2)c(C)c1C(=O)NC1CCNC1. The molecule has 0 spiro atoms. The van der Waals surface area contributed by atoms with Gasteiger partial charge in [0.1, 0.15) is 0 Å². The predicted molar refractivity (Wildman–Crippen MR) is 81.8 cm³/mol. The van der Waals surface area contributed by atoms with Gasteiger partial charge in [0.15, 0.2) is 0 Å². The van der Waals surface area contributed by atoms with Crippen molar-refractivity contribution in [1.29, 1.82) is 0 Å². The first-order valence-electron chi connectivity index (χ1n) is 7.30. The van der Waals surface area contributed by atoms with Gasteiger partial charge in [-0.3, -0.25) is 4.79 Å². The minimum atomic E-state index is -0.0270. The molecular weight excluding hydrogens is 264 g/mol. The van der Waals surface area contributed by atoms with Gasteiger partial charge in [-0.15, -0.1) is 0 Å². The number of aromatic nitrogens is 2. The Balaban J connectivity index is 1.89. The zero-order chi connectivity index (χ0) is 14.8. The van der Waals surface area contributed by atoms with E-state index >= 15 is 0 Å². The Morgan fingerprint density at radius 1 is 1.33 bits per heavy atom. The number of benzene rings is 1. The Bertz CT molecular complexity index is 642. The molecule has 1 aromatic heterocycles. The molecular formula is C16H20N4O. The third kappa shape index (κ3) is 2.69. The topological polar surface area (TPSA) is 59.0 Å². The second kappa shape index (κ2) is 5.69. The minimum absolute atomic E-state index is 0.0270. The first-order valence-corrected chi connectivity index (χ1v) is 7.30. The molecule has 1 fully saturated rings. The smallest absolute Gasteiger partial charge is 0.255 e. The highest BCUT2D eigenvalue weighted by molar-refractivity contribution is 5.96. The van der Waals surface area contributed by atoms with Gasteiger partial charge < -0.3 is 10.6 Å². The van der Waals surface area contributed by atoms with Crippen LogP contribution in [0, 0.1) is 13.8 Å². The minimum Gasteiger partial charge on any atom is -0.348 e. The van der Waals surface area contributed by atoms with Crippen molar-refractivity contribution in [2.45, 2.75) is 26.3 Å². The van der Waals surface area contributed by atoms with E-state index in [1.807, 2.05) is 48.9 Å². The molecule has 1 amide bonds. The molecule has 2 heterocycles. The molecule has 0 aliphatic carbocycles. The van der Waals surface area contributed by atoms with Crippen LogP contribution in [0.5, 0.6) is 0 Å². The third-order valence-electron chi connectivity index (χ3n) is 3.91. The zero-order valence-corrected chi connectivity index (χ0v) is 12.4. The summed E-state index contributed by atoms with van der Waals surface area (Å²) in [6.07, 6.45) is 0.983. The van der Waals surface area contributed by atoms with Gasteiger partial charge >= 0.3 is 0 Å². The summed E-state index contributed by atoms with van der Waals surface area (Å²) in [4.78, 5) is 12.5. The van der Waals surface area contributed by atoms with Gasteiger partial charge in [0.05, 0.1) is 22.6 Å². The van der Waals surface area contributed by atoms with Crippen LogP contribution in [-0.4, -0.2) is 34.8 Å². The van der Waals surface area contributed by atoms with E-state index in [-0.39, 0.29) is 11.9 Å². The number of carbonyl (C=O) groups excluding carboxylic acids is 1. The molecule has 0 bridgehead atoms. The Kier molecular flexibility index (Phi) is 3.75. The largest absolute Gasteiger partial charge is 0.348 e. The summed E-state index contributed by atoms with van der Waals surface area (Å²) in [5.74, 6) is -0.0270. The van der Waals surface area contributed by atoms with Crippen LogP contribution >= 0.6 is 0 Å². The van der Waals surface area contributed by atoms with E-state index in [9.17, 15) is 4.79 Å². The van der Waals surface area contributed by atoms with Crippen LogP contribution in [0.2, 0.25) is 0 Å². The first-order chi connectivity index (χ1) is 10.2. The molecule has 1 aromatic carbocycles. The quantitative estimate of drug-likeness (QED) is 0.899. The summed E-state index contributed by atoms with van der Waals surface area (Å²) in [7, 11) is 0. The number of hydrogen-bond acceptors (Lipinski definition) is 3. The fourth-order valence-electron chi connectivity index (χ4n) is 2.83. The van der Waals surface area contributed by atoms with E-state index in [1.54, 1.807) is 0 Å². The fourth-order valence-corrected chi connectivity index (χ4v) is 2.83. The molecule has 1 atom stereocenters. The molecule has 5 nitrogen and oxygen atoms in total. The average molecular weight is 284 g/mol. The third-order valence-corrected chi connectivity index (χ3v) is 3.91. The summed E-state index contributed by atoms with van der Waals surface area (Å²) >= 11 is 0. The number of aryl methyl sites for hydroxylation is 1. The van der Waals surface area contributed by atoms with Gasteiger partial charge in [0.25, 0.3) is 5.91 Å². The van der Waals surface area contributed by atoms with Crippen molar-refractivity contribution in [3.05, 3.63) is 47.3 Å². The van der Waals surface area contributed by atoms with Gasteiger partial charge in [-0.25, -0.2) is 4.68 Å². The molecule has 0 radical (unpaired) electrons. The van der Waals surface area contributed by atoms with E-state index in [0.717, 1.165) is 36.6 Å². The van der Waals surface area contributed by atoms with Gasteiger partial charge in [0, 0.05) is 12.6 Å². The molecule has 3 rings (SSSR count). The summed E-state index contributed by atoms with van der Waals surface area (Å²) in [6, 6.07) is 10.1. The summed E-state index contributed by atoms with van der Waals surface area (Å²) in [6.45, 7) is 5.63. The Labute approximate surface area is 124 Å². The number of para-hydroxylation sites is 1. The molecule has 21 heavy (non-hydrogen) atoms. The monoisotopic (exact) mass is 284 g/mol. The highest BCUT2D eigenvalue weighted by Crippen LogP contribution is 2.18. The highest BCUT2D eigenvalue weighted by Gasteiger charge is 2.23. The van der Waals surface area contributed by atoms with Crippen molar-refractivity contribution in [2.75, 3.05) is 13.1 Å². The van der Waals surface area contributed by atoms with Crippen LogP contribution in [-0.2, 0) is 0 Å². The lowest BCUT2D eigenvalue weighted by Crippen LogP contribution is -2.36. The van der Waals surface area contributed by atoms with E-state index in [4.69, 9.17) is 0 Å². The molecule has 1 saturated heterocycles. The standard InChI is InChI=1S/C16H20N4O/c1-11-15(16(21)18-13-8-9-17-10-13)12(2)20(19-11)14-6-4-3-5-7-14/h3-7,13,17H,8-10H2,1-2H3,(H,18,21). The number of carbonyl (C=O) groups is 1. The summed E-state index contributed by atoms with van der Waals surface area (Å²) in [5.41, 5.74) is 3.30. The Morgan fingerprint density at radius 2 is 2.10 bits per heavy atom. The van der Waals surface area contributed by atoms with E-state index in [0.29, 0.717) is 5.56 Å². The zero-order valence-electron chi connectivity index (χ0n) is 12.4. The van der Waals surface area contributed by atoms with Crippen molar-refractivity contribution in [2.24, 2.45) is 0 Å². The first kappa shape index (κ1) is 13.8. The highest BCUT2D eigenvalue weighted by atomic mass is 16.1. The van der Waals surface area contributed by atoms with Gasteiger partial charge in [-0.1, -0.05) is 18.2 Å². The van der Waals surface area contributed by atoms with Gasteiger partial charge in [-0.05, 0) is 38.9 Å². The molecule has 1 aliphatic rings. The van der Waals surface area contributed by atoms with Gasteiger partial charge in [0.2, 0.25) is 0 Å². The Hall–Kier alpha value is -2.14. The maximum absolute atomic E-state index is 12.5. The Morgan fingerprint density at radius 3 is 2.76 bits per heavy atom.